The predicted molar refractivity (Wildman–Crippen MR) is 158 cm³/mol. The standard InChI is InChI=1S/C29H33Cl2N3O5S/c1-19(2)32-29(36)21(4)33(17-22-7-6-8-23(30)15-22)28(35)18-34(24-11-14-27(39-5)26(31)16-24)40(37,38)25-12-9-20(3)10-13-25/h6-16,19,21H,17-18H2,1-5H3,(H,32,36). The zero-order valence-corrected chi connectivity index (χ0v) is 25.3. The summed E-state index contributed by atoms with van der Waals surface area (Å²) in [4.78, 5) is 28.3. The van der Waals surface area contributed by atoms with Crippen LogP contribution in [0.2, 0.25) is 10.0 Å². The summed E-state index contributed by atoms with van der Waals surface area (Å²) in [7, 11) is -2.77. The highest BCUT2D eigenvalue weighted by Crippen LogP contribution is 2.32. The van der Waals surface area contributed by atoms with Gasteiger partial charge in [-0.05, 0) is 75.7 Å². The molecule has 1 unspecified atom stereocenters. The van der Waals surface area contributed by atoms with Crippen LogP contribution in [0.4, 0.5) is 5.69 Å². The van der Waals surface area contributed by atoms with Crippen LogP contribution in [0.3, 0.4) is 0 Å². The van der Waals surface area contributed by atoms with Gasteiger partial charge >= 0.3 is 0 Å². The third kappa shape index (κ3) is 7.68. The van der Waals surface area contributed by atoms with Crippen LogP contribution in [0.15, 0.2) is 71.6 Å². The molecule has 0 aromatic heterocycles. The van der Waals surface area contributed by atoms with E-state index in [1.807, 2.05) is 20.8 Å². The first-order chi connectivity index (χ1) is 18.8. The number of carbonyl (C=O) groups excluding carboxylic acids is 2. The zero-order chi connectivity index (χ0) is 29.6. The second-order valence-electron chi connectivity index (χ2n) is 9.63. The molecule has 3 aromatic rings. The first-order valence-electron chi connectivity index (χ1n) is 12.6. The number of benzene rings is 3. The summed E-state index contributed by atoms with van der Waals surface area (Å²) in [6.45, 7) is 6.53. The fraction of sp³-hybridized carbons (Fsp3) is 0.310. The number of aryl methyl sites for hydroxylation is 1. The Morgan fingerprint density at radius 2 is 1.65 bits per heavy atom. The van der Waals surface area contributed by atoms with Crippen molar-refractivity contribution in [3.63, 3.8) is 0 Å². The van der Waals surface area contributed by atoms with Crippen molar-refractivity contribution in [1.82, 2.24) is 10.2 Å². The second-order valence-corrected chi connectivity index (χ2v) is 12.3. The Labute approximate surface area is 245 Å². The van der Waals surface area contributed by atoms with Gasteiger partial charge in [0.15, 0.2) is 0 Å². The van der Waals surface area contributed by atoms with Crippen molar-refractivity contribution in [1.29, 1.82) is 0 Å². The molecule has 0 aliphatic rings. The predicted octanol–water partition coefficient (Wildman–Crippen LogP) is 5.45. The number of halogens is 2. The summed E-state index contributed by atoms with van der Waals surface area (Å²) >= 11 is 12.5. The first kappa shape index (κ1) is 31.3. The van der Waals surface area contributed by atoms with Gasteiger partial charge in [-0.15, -0.1) is 0 Å². The molecule has 8 nitrogen and oxygen atoms in total. The van der Waals surface area contributed by atoms with E-state index in [4.69, 9.17) is 27.9 Å². The Hall–Kier alpha value is -3.27. The SMILES string of the molecule is COc1ccc(N(CC(=O)N(Cc2cccc(Cl)c2)C(C)C(=O)NC(C)C)S(=O)(=O)c2ccc(C)cc2)cc1Cl. The van der Waals surface area contributed by atoms with Gasteiger partial charge in [-0.1, -0.05) is 53.0 Å². The maximum absolute atomic E-state index is 13.9. The topological polar surface area (TPSA) is 96.0 Å². The van der Waals surface area contributed by atoms with Crippen LogP contribution >= 0.6 is 23.2 Å². The van der Waals surface area contributed by atoms with Gasteiger partial charge in [-0.2, -0.15) is 0 Å². The molecule has 11 heteroatoms. The average molecular weight is 607 g/mol. The highest BCUT2D eigenvalue weighted by Gasteiger charge is 2.33. The number of methoxy groups -OCH3 is 1. The molecule has 1 N–H and O–H groups in total. The Morgan fingerprint density at radius 3 is 2.23 bits per heavy atom. The molecule has 0 radical (unpaired) electrons. The normalized spacial score (nSPS) is 12.1. The number of ether oxygens (including phenoxy) is 1. The van der Waals surface area contributed by atoms with Crippen LogP contribution in [0.25, 0.3) is 0 Å². The minimum absolute atomic E-state index is 0.00447. The Bertz CT molecular complexity index is 1460. The smallest absolute Gasteiger partial charge is 0.264 e. The van der Waals surface area contributed by atoms with E-state index in [2.05, 4.69) is 5.32 Å². The van der Waals surface area contributed by atoms with Gasteiger partial charge in [0, 0.05) is 17.6 Å². The monoisotopic (exact) mass is 605 g/mol. The summed E-state index contributed by atoms with van der Waals surface area (Å²) < 4.78 is 34.0. The zero-order valence-electron chi connectivity index (χ0n) is 23.0. The molecular weight excluding hydrogens is 573 g/mol. The maximum atomic E-state index is 13.9. The molecule has 0 saturated heterocycles. The minimum atomic E-state index is -4.22. The lowest BCUT2D eigenvalue weighted by atomic mass is 10.1. The van der Waals surface area contributed by atoms with E-state index in [9.17, 15) is 18.0 Å². The Kier molecular flexibility index (Phi) is 10.5. The number of anilines is 1. The summed E-state index contributed by atoms with van der Waals surface area (Å²) in [5.74, 6) is -0.606. The van der Waals surface area contributed by atoms with Gasteiger partial charge < -0.3 is 15.0 Å². The molecule has 0 spiro atoms. The van der Waals surface area contributed by atoms with E-state index in [1.54, 1.807) is 43.3 Å². The van der Waals surface area contributed by atoms with E-state index in [0.717, 1.165) is 9.87 Å². The molecule has 1 atom stereocenters. The fourth-order valence-corrected chi connectivity index (χ4v) is 5.87. The molecule has 40 heavy (non-hydrogen) atoms. The van der Waals surface area contributed by atoms with Gasteiger partial charge in [0.1, 0.15) is 18.3 Å². The van der Waals surface area contributed by atoms with Gasteiger partial charge in [0.05, 0.1) is 22.7 Å². The first-order valence-corrected chi connectivity index (χ1v) is 14.8. The highest BCUT2D eigenvalue weighted by atomic mass is 35.5. The summed E-state index contributed by atoms with van der Waals surface area (Å²) in [5.41, 5.74) is 1.74. The maximum Gasteiger partial charge on any atom is 0.264 e. The largest absolute Gasteiger partial charge is 0.495 e. The fourth-order valence-electron chi connectivity index (χ4n) is 4.00. The molecule has 3 rings (SSSR count). The van der Waals surface area contributed by atoms with Crippen LogP contribution in [-0.2, 0) is 26.2 Å². The van der Waals surface area contributed by atoms with Crippen molar-refractivity contribution < 1.29 is 22.7 Å². The molecule has 0 saturated carbocycles. The van der Waals surface area contributed by atoms with E-state index in [0.29, 0.717) is 16.3 Å². The van der Waals surface area contributed by atoms with E-state index >= 15 is 0 Å². The molecule has 214 valence electrons. The van der Waals surface area contributed by atoms with Crippen molar-refractivity contribution in [3.8, 4) is 5.75 Å². The molecule has 0 aliphatic carbocycles. The van der Waals surface area contributed by atoms with Gasteiger partial charge in [0.2, 0.25) is 11.8 Å². The molecule has 0 bridgehead atoms. The van der Waals surface area contributed by atoms with Crippen LogP contribution in [0, 0.1) is 6.92 Å². The van der Waals surface area contributed by atoms with Crippen molar-refractivity contribution in [2.45, 2.75) is 51.2 Å². The highest BCUT2D eigenvalue weighted by molar-refractivity contribution is 7.92. The molecule has 0 fully saturated rings. The van der Waals surface area contributed by atoms with Crippen molar-refractivity contribution in [3.05, 3.63) is 87.9 Å². The summed E-state index contributed by atoms with van der Waals surface area (Å²) in [5, 5.41) is 3.47. The van der Waals surface area contributed by atoms with Crippen molar-refractivity contribution >= 4 is 50.7 Å². The van der Waals surface area contributed by atoms with Crippen LogP contribution in [0.1, 0.15) is 31.9 Å². The van der Waals surface area contributed by atoms with E-state index in [-0.39, 0.29) is 34.1 Å². The lowest BCUT2D eigenvalue weighted by Gasteiger charge is -2.32. The number of hydrogen-bond acceptors (Lipinski definition) is 5. The number of sulfonamides is 1. The number of nitrogens with one attached hydrogen (secondary N) is 1. The van der Waals surface area contributed by atoms with Gasteiger partial charge in [0.25, 0.3) is 10.0 Å². The van der Waals surface area contributed by atoms with Crippen molar-refractivity contribution in [2.24, 2.45) is 0 Å². The third-order valence-corrected chi connectivity index (χ3v) is 8.47. The lowest BCUT2D eigenvalue weighted by Crippen LogP contribution is -2.52. The summed E-state index contributed by atoms with van der Waals surface area (Å²) in [6.07, 6.45) is 0. The number of nitrogens with zero attached hydrogens (tertiary/aromatic N) is 2. The Morgan fingerprint density at radius 1 is 0.975 bits per heavy atom. The molecule has 2 amide bonds. The van der Waals surface area contributed by atoms with Crippen LogP contribution in [-0.4, -0.2) is 50.9 Å². The van der Waals surface area contributed by atoms with Crippen LogP contribution < -0.4 is 14.4 Å². The van der Waals surface area contributed by atoms with E-state index < -0.39 is 28.5 Å². The molecule has 0 heterocycles. The van der Waals surface area contributed by atoms with Crippen molar-refractivity contribution in [2.75, 3.05) is 18.0 Å². The number of carbonyl (C=O) groups is 2. The number of hydrogen-bond donors (Lipinski definition) is 1. The third-order valence-electron chi connectivity index (χ3n) is 6.15. The number of rotatable bonds is 11. The summed E-state index contributed by atoms with van der Waals surface area (Å²) in [6, 6.07) is 16.7. The number of amides is 2. The Balaban J connectivity index is 2.07. The average Bonchev–Trinajstić information content (AvgIpc) is 2.89. The minimum Gasteiger partial charge on any atom is -0.495 e. The second kappa shape index (κ2) is 13.4. The quantitative estimate of drug-likeness (QED) is 0.313. The lowest BCUT2D eigenvalue weighted by molar-refractivity contribution is -0.139. The van der Waals surface area contributed by atoms with E-state index in [1.165, 1.54) is 42.3 Å². The molecule has 3 aromatic carbocycles. The van der Waals surface area contributed by atoms with Gasteiger partial charge in [-0.25, -0.2) is 8.42 Å². The molecular formula is C29H33Cl2N3O5S. The van der Waals surface area contributed by atoms with Crippen LogP contribution in [0.5, 0.6) is 5.75 Å². The molecule has 0 aliphatic heterocycles. The van der Waals surface area contributed by atoms with Gasteiger partial charge in [-0.3, -0.25) is 13.9 Å².